The Morgan fingerprint density at radius 2 is 1.90 bits per heavy atom. The summed E-state index contributed by atoms with van der Waals surface area (Å²) in [6, 6.07) is 7.07. The number of hydrogen-bond donors (Lipinski definition) is 1. The van der Waals surface area contributed by atoms with Gasteiger partial charge in [-0.15, -0.1) is 0 Å². The van der Waals surface area contributed by atoms with Gasteiger partial charge in [0.05, 0.1) is 12.9 Å². The molecule has 1 aliphatic heterocycles. The van der Waals surface area contributed by atoms with E-state index in [1.807, 2.05) is 0 Å². The highest BCUT2D eigenvalue weighted by molar-refractivity contribution is 5.51. The lowest BCUT2D eigenvalue weighted by atomic mass is 9.61. The summed E-state index contributed by atoms with van der Waals surface area (Å²) in [4.78, 5) is 0. The molecule has 1 heterocycles. The largest absolute Gasteiger partial charge is 0.501 e. The molecule has 0 amide bonds. The Balaban J connectivity index is 2.20. The van der Waals surface area contributed by atoms with Gasteiger partial charge in [-0.05, 0) is 62.1 Å². The van der Waals surface area contributed by atoms with Crippen LogP contribution in [0.5, 0.6) is 0 Å². The molecule has 2 aliphatic rings. The van der Waals surface area contributed by atoms with E-state index >= 15 is 0 Å². The zero-order valence-corrected chi connectivity index (χ0v) is 13.5. The van der Waals surface area contributed by atoms with Gasteiger partial charge in [0.15, 0.2) is 0 Å². The average molecular weight is 283 g/mol. The molecule has 1 fully saturated rings. The Morgan fingerprint density at radius 1 is 1.19 bits per heavy atom. The predicted molar refractivity (Wildman–Crippen MR) is 87.5 cm³/mol. The van der Waals surface area contributed by atoms with Crippen molar-refractivity contribution in [3.8, 4) is 0 Å². The summed E-state index contributed by atoms with van der Waals surface area (Å²) in [6.07, 6.45) is 6.54. The second-order valence-corrected chi connectivity index (χ2v) is 6.41. The number of nitrogens with one attached hydrogen (secondary N) is 1. The van der Waals surface area contributed by atoms with E-state index in [4.69, 9.17) is 4.74 Å². The van der Waals surface area contributed by atoms with Crippen LogP contribution >= 0.6 is 0 Å². The molecule has 0 bridgehead atoms. The first-order valence-corrected chi connectivity index (χ1v) is 7.84. The van der Waals surface area contributed by atoms with Gasteiger partial charge in [-0.1, -0.05) is 24.3 Å². The molecule has 1 aliphatic carbocycles. The first kappa shape index (κ1) is 14.4. The average Bonchev–Trinajstić information content (AvgIpc) is 2.46. The minimum Gasteiger partial charge on any atom is -0.501 e. The van der Waals surface area contributed by atoms with Crippen molar-refractivity contribution < 1.29 is 4.74 Å². The topological polar surface area (TPSA) is 21.3 Å². The fourth-order valence-electron chi connectivity index (χ4n) is 4.27. The minimum absolute atomic E-state index is 0.0974. The van der Waals surface area contributed by atoms with E-state index in [0.29, 0.717) is 6.04 Å². The Bertz CT molecular complexity index is 594. The van der Waals surface area contributed by atoms with Crippen LogP contribution in [0.3, 0.4) is 0 Å². The second kappa shape index (κ2) is 5.34. The third-order valence-corrected chi connectivity index (χ3v) is 5.17. The van der Waals surface area contributed by atoms with Gasteiger partial charge in [0.25, 0.3) is 0 Å². The maximum absolute atomic E-state index is 5.60. The van der Waals surface area contributed by atoms with Gasteiger partial charge < -0.3 is 10.1 Å². The lowest BCUT2D eigenvalue weighted by Gasteiger charge is -2.47. The van der Waals surface area contributed by atoms with Crippen LogP contribution in [0.25, 0.3) is 0 Å². The van der Waals surface area contributed by atoms with Crippen molar-refractivity contribution in [1.82, 2.24) is 5.32 Å². The molecular weight excluding hydrogens is 258 g/mol. The Kier molecular flexibility index (Phi) is 3.66. The quantitative estimate of drug-likeness (QED) is 0.892. The highest BCUT2D eigenvalue weighted by Gasteiger charge is 2.44. The summed E-state index contributed by atoms with van der Waals surface area (Å²) in [6.45, 7) is 7.82. The third kappa shape index (κ3) is 2.22. The van der Waals surface area contributed by atoms with Crippen LogP contribution in [0, 0.1) is 13.8 Å². The van der Waals surface area contributed by atoms with Gasteiger partial charge in [0, 0.05) is 17.9 Å². The number of fused-ring (bicyclic) bond motifs is 1. The molecule has 21 heavy (non-hydrogen) atoms. The summed E-state index contributed by atoms with van der Waals surface area (Å²) in [5.41, 5.74) is 5.90. The standard InChI is InChI=1S/C19H25NO/c1-13-6-5-7-14(2)18(13)19-10-11-20-15(3)17(19)9-8-16(12-19)21-4/h5-9,15,20H,10-12H2,1-4H3. The maximum atomic E-state index is 5.60. The lowest BCUT2D eigenvalue weighted by molar-refractivity contribution is 0.233. The second-order valence-electron chi connectivity index (χ2n) is 6.41. The van der Waals surface area contributed by atoms with Crippen LogP contribution in [-0.4, -0.2) is 19.7 Å². The molecule has 2 nitrogen and oxygen atoms in total. The Morgan fingerprint density at radius 3 is 2.57 bits per heavy atom. The molecule has 3 rings (SSSR count). The number of aryl methyl sites for hydroxylation is 2. The van der Waals surface area contributed by atoms with Crippen LogP contribution in [0.4, 0.5) is 0 Å². The zero-order chi connectivity index (χ0) is 15.0. The third-order valence-electron chi connectivity index (χ3n) is 5.17. The van der Waals surface area contributed by atoms with Gasteiger partial charge in [0.1, 0.15) is 0 Å². The highest BCUT2D eigenvalue weighted by Crippen LogP contribution is 2.48. The number of hydrogen-bond acceptors (Lipinski definition) is 2. The van der Waals surface area contributed by atoms with Crippen molar-refractivity contribution in [2.75, 3.05) is 13.7 Å². The molecule has 2 atom stereocenters. The predicted octanol–water partition coefficient (Wildman–Crippen LogP) is 3.78. The van der Waals surface area contributed by atoms with Crippen LogP contribution in [0.1, 0.15) is 36.5 Å². The molecular formula is C19H25NO. The first-order valence-electron chi connectivity index (χ1n) is 7.84. The molecule has 2 unspecified atom stereocenters. The van der Waals surface area contributed by atoms with Gasteiger partial charge in [-0.3, -0.25) is 0 Å². The highest BCUT2D eigenvalue weighted by atomic mass is 16.5. The van der Waals surface area contributed by atoms with Crippen LogP contribution in [-0.2, 0) is 10.2 Å². The summed E-state index contributed by atoms with van der Waals surface area (Å²) in [5, 5.41) is 3.61. The molecule has 0 spiro atoms. The fourth-order valence-corrected chi connectivity index (χ4v) is 4.27. The normalized spacial score (nSPS) is 28.5. The molecule has 0 aromatic heterocycles. The number of piperidine rings is 1. The van der Waals surface area contributed by atoms with Gasteiger partial charge in [-0.25, -0.2) is 0 Å². The summed E-state index contributed by atoms with van der Waals surface area (Å²) < 4.78 is 5.60. The van der Waals surface area contributed by atoms with E-state index < -0.39 is 0 Å². The zero-order valence-electron chi connectivity index (χ0n) is 13.5. The Labute approximate surface area is 127 Å². The van der Waals surface area contributed by atoms with Crippen molar-refractivity contribution in [1.29, 1.82) is 0 Å². The lowest BCUT2D eigenvalue weighted by Crippen LogP contribution is -2.49. The van der Waals surface area contributed by atoms with Gasteiger partial charge in [-0.2, -0.15) is 0 Å². The molecule has 0 radical (unpaired) electrons. The van der Waals surface area contributed by atoms with E-state index in [0.717, 1.165) is 25.1 Å². The van der Waals surface area contributed by atoms with Gasteiger partial charge >= 0.3 is 0 Å². The number of ether oxygens (including phenoxy) is 1. The molecule has 1 N–H and O–H groups in total. The van der Waals surface area contributed by atoms with Crippen molar-refractivity contribution in [3.63, 3.8) is 0 Å². The van der Waals surface area contributed by atoms with E-state index in [2.05, 4.69) is 56.4 Å². The number of rotatable bonds is 2. The molecule has 112 valence electrons. The van der Waals surface area contributed by atoms with Crippen molar-refractivity contribution in [2.24, 2.45) is 0 Å². The van der Waals surface area contributed by atoms with Gasteiger partial charge in [0.2, 0.25) is 0 Å². The van der Waals surface area contributed by atoms with Crippen molar-refractivity contribution in [2.45, 2.75) is 45.1 Å². The van der Waals surface area contributed by atoms with E-state index in [1.165, 1.54) is 22.3 Å². The van der Waals surface area contributed by atoms with Crippen molar-refractivity contribution >= 4 is 0 Å². The fraction of sp³-hybridized carbons (Fsp3) is 0.474. The number of allylic oxidation sites excluding steroid dienone is 3. The first-order chi connectivity index (χ1) is 10.1. The SMILES string of the molecule is COC1=CC=C2C(C)NCCC2(c2c(C)cccc2C)C1. The van der Waals surface area contributed by atoms with Crippen LogP contribution in [0.15, 0.2) is 41.7 Å². The van der Waals surface area contributed by atoms with Crippen LogP contribution < -0.4 is 5.32 Å². The number of methoxy groups -OCH3 is 1. The summed E-state index contributed by atoms with van der Waals surface area (Å²) in [7, 11) is 1.79. The maximum Gasteiger partial charge on any atom is 0.0967 e. The molecule has 1 saturated heterocycles. The Hall–Kier alpha value is -1.54. The van der Waals surface area contributed by atoms with E-state index in [1.54, 1.807) is 7.11 Å². The van der Waals surface area contributed by atoms with Crippen molar-refractivity contribution in [3.05, 3.63) is 58.4 Å². The molecule has 1 aromatic carbocycles. The summed E-state index contributed by atoms with van der Waals surface area (Å²) in [5.74, 6) is 1.09. The monoisotopic (exact) mass is 283 g/mol. The van der Waals surface area contributed by atoms with E-state index in [9.17, 15) is 0 Å². The van der Waals surface area contributed by atoms with E-state index in [-0.39, 0.29) is 5.41 Å². The smallest absolute Gasteiger partial charge is 0.0967 e. The molecule has 1 aromatic rings. The number of benzene rings is 1. The minimum atomic E-state index is 0.0974. The molecule has 0 saturated carbocycles. The molecule has 2 heteroatoms. The van der Waals surface area contributed by atoms with Crippen LogP contribution in [0.2, 0.25) is 0 Å². The summed E-state index contributed by atoms with van der Waals surface area (Å²) >= 11 is 0.